The molecule has 1 aromatic heterocycles. The van der Waals surface area contributed by atoms with Gasteiger partial charge in [0.05, 0.1) is 16.1 Å². The third-order valence-electron chi connectivity index (χ3n) is 3.29. The van der Waals surface area contributed by atoms with Crippen molar-refractivity contribution in [3.05, 3.63) is 34.0 Å². The summed E-state index contributed by atoms with van der Waals surface area (Å²) >= 11 is 0. The fourth-order valence-electron chi connectivity index (χ4n) is 1.99. The van der Waals surface area contributed by atoms with E-state index in [4.69, 9.17) is 0 Å². The molecule has 7 nitrogen and oxygen atoms in total. The lowest BCUT2D eigenvalue weighted by Gasteiger charge is -2.20. The number of aromatic nitrogens is 2. The van der Waals surface area contributed by atoms with E-state index in [0.29, 0.717) is 11.3 Å². The first kappa shape index (κ1) is 15.1. The van der Waals surface area contributed by atoms with E-state index in [0.717, 1.165) is 24.3 Å². The van der Waals surface area contributed by atoms with Crippen LogP contribution in [-0.4, -0.2) is 54.0 Å². The van der Waals surface area contributed by atoms with Crippen molar-refractivity contribution in [1.29, 1.82) is 0 Å². The van der Waals surface area contributed by atoms with Gasteiger partial charge in [0.15, 0.2) is 0 Å². The third-order valence-corrected chi connectivity index (χ3v) is 3.29. The molecule has 0 saturated heterocycles. The molecule has 0 amide bonds. The normalized spacial score (nSPS) is 11.1. The largest absolute Gasteiger partial charge is 0.343 e. The number of hydrogen-bond acceptors (Lipinski definition) is 6. The van der Waals surface area contributed by atoms with Gasteiger partial charge in [-0.1, -0.05) is 0 Å². The zero-order chi connectivity index (χ0) is 15.6. The Hall–Kier alpha value is -2.28. The molecule has 2 aromatic rings. The molecule has 0 saturated carbocycles. The van der Waals surface area contributed by atoms with Gasteiger partial charge in [0, 0.05) is 37.7 Å². The molecule has 1 aromatic carbocycles. The Morgan fingerprint density at radius 1 is 1.19 bits per heavy atom. The summed E-state index contributed by atoms with van der Waals surface area (Å²) in [5.74, 6) is 0.635. The lowest BCUT2D eigenvalue weighted by atomic mass is 10.2. The minimum Gasteiger partial charge on any atom is -0.343 e. The molecule has 0 aliphatic rings. The Morgan fingerprint density at radius 2 is 1.90 bits per heavy atom. The summed E-state index contributed by atoms with van der Waals surface area (Å²) in [5.41, 5.74) is 1.53. The standard InChI is InChI=1S/C14H19N5O2/c1-10-12-9-11(19(20)21)5-6-13(12)16-14(15-10)18(4)8-7-17(2)3/h5-6,9H,7-8H2,1-4H3. The van der Waals surface area contributed by atoms with Crippen LogP contribution in [0.4, 0.5) is 11.6 Å². The zero-order valence-electron chi connectivity index (χ0n) is 12.7. The second-order valence-corrected chi connectivity index (χ2v) is 5.29. The lowest BCUT2D eigenvalue weighted by Crippen LogP contribution is -2.29. The number of non-ortho nitro benzene ring substituents is 1. The highest BCUT2D eigenvalue weighted by atomic mass is 16.6. The summed E-state index contributed by atoms with van der Waals surface area (Å²) in [6.07, 6.45) is 0. The average Bonchev–Trinajstić information content (AvgIpc) is 2.44. The van der Waals surface area contributed by atoms with E-state index in [1.54, 1.807) is 6.07 Å². The molecule has 0 aliphatic carbocycles. The Balaban J connectivity index is 2.36. The first-order valence-corrected chi connectivity index (χ1v) is 6.67. The van der Waals surface area contributed by atoms with Gasteiger partial charge in [0.2, 0.25) is 5.95 Å². The fraction of sp³-hybridized carbons (Fsp3) is 0.429. The van der Waals surface area contributed by atoms with E-state index in [-0.39, 0.29) is 5.69 Å². The predicted molar refractivity (Wildman–Crippen MR) is 82.8 cm³/mol. The van der Waals surface area contributed by atoms with E-state index < -0.39 is 4.92 Å². The molecule has 0 spiro atoms. The fourth-order valence-corrected chi connectivity index (χ4v) is 1.99. The van der Waals surface area contributed by atoms with Crippen molar-refractivity contribution in [2.24, 2.45) is 0 Å². The Morgan fingerprint density at radius 3 is 2.52 bits per heavy atom. The molecule has 0 N–H and O–H groups in total. The molecule has 2 rings (SSSR count). The van der Waals surface area contributed by atoms with Crippen molar-refractivity contribution in [1.82, 2.24) is 14.9 Å². The van der Waals surface area contributed by atoms with Gasteiger partial charge in [0.25, 0.3) is 5.69 Å². The van der Waals surface area contributed by atoms with Crippen LogP contribution >= 0.6 is 0 Å². The van der Waals surface area contributed by atoms with Crippen molar-refractivity contribution in [2.45, 2.75) is 6.92 Å². The van der Waals surface area contributed by atoms with Gasteiger partial charge in [-0.2, -0.15) is 0 Å². The SMILES string of the molecule is Cc1nc(N(C)CCN(C)C)nc2ccc([N+](=O)[O-])cc12. The van der Waals surface area contributed by atoms with Crippen LogP contribution in [-0.2, 0) is 0 Å². The predicted octanol–water partition coefficient (Wildman–Crippen LogP) is 1.84. The van der Waals surface area contributed by atoms with Crippen molar-refractivity contribution >= 4 is 22.5 Å². The molecule has 0 bridgehead atoms. The Bertz CT molecular complexity index is 672. The molecule has 21 heavy (non-hydrogen) atoms. The number of nitro groups is 1. The van der Waals surface area contributed by atoms with Crippen LogP contribution in [0.3, 0.4) is 0 Å². The second kappa shape index (κ2) is 6.01. The topological polar surface area (TPSA) is 75.4 Å². The first-order valence-electron chi connectivity index (χ1n) is 6.67. The van der Waals surface area contributed by atoms with E-state index >= 15 is 0 Å². The number of hydrogen-bond donors (Lipinski definition) is 0. The van der Waals surface area contributed by atoms with Crippen molar-refractivity contribution in [3.63, 3.8) is 0 Å². The smallest absolute Gasteiger partial charge is 0.270 e. The monoisotopic (exact) mass is 289 g/mol. The number of anilines is 1. The summed E-state index contributed by atoms with van der Waals surface area (Å²) in [4.78, 5) is 23.4. The molecule has 0 fully saturated rings. The molecule has 0 unspecified atom stereocenters. The molecule has 112 valence electrons. The van der Waals surface area contributed by atoms with E-state index in [1.807, 2.05) is 33.0 Å². The first-order chi connectivity index (χ1) is 9.88. The van der Waals surface area contributed by atoms with E-state index in [1.165, 1.54) is 12.1 Å². The third kappa shape index (κ3) is 3.43. The van der Waals surface area contributed by atoms with Gasteiger partial charge in [-0.3, -0.25) is 10.1 Å². The Kier molecular flexibility index (Phi) is 4.32. The maximum atomic E-state index is 10.8. The van der Waals surface area contributed by atoms with Crippen LogP contribution in [0.15, 0.2) is 18.2 Å². The molecule has 0 aliphatic heterocycles. The number of nitro benzene ring substituents is 1. The van der Waals surface area contributed by atoms with Crippen LogP contribution in [0.2, 0.25) is 0 Å². The summed E-state index contributed by atoms with van der Waals surface area (Å²) < 4.78 is 0. The molecule has 1 heterocycles. The van der Waals surface area contributed by atoms with Crippen molar-refractivity contribution in [2.75, 3.05) is 39.1 Å². The Labute approximate surface area is 123 Å². The lowest BCUT2D eigenvalue weighted by molar-refractivity contribution is -0.384. The maximum Gasteiger partial charge on any atom is 0.270 e. The minimum atomic E-state index is -0.407. The van der Waals surface area contributed by atoms with E-state index in [2.05, 4.69) is 14.9 Å². The highest BCUT2D eigenvalue weighted by Crippen LogP contribution is 2.23. The summed E-state index contributed by atoms with van der Waals surface area (Å²) in [7, 11) is 5.97. The van der Waals surface area contributed by atoms with Crippen LogP contribution in [0.5, 0.6) is 0 Å². The van der Waals surface area contributed by atoms with Crippen molar-refractivity contribution < 1.29 is 4.92 Å². The van der Waals surface area contributed by atoms with Crippen molar-refractivity contribution in [3.8, 4) is 0 Å². The molecule has 0 atom stereocenters. The van der Waals surface area contributed by atoms with Crippen LogP contribution in [0.1, 0.15) is 5.69 Å². The second-order valence-electron chi connectivity index (χ2n) is 5.29. The van der Waals surface area contributed by atoms with Crippen LogP contribution in [0.25, 0.3) is 10.9 Å². The van der Waals surface area contributed by atoms with Gasteiger partial charge in [0.1, 0.15) is 0 Å². The van der Waals surface area contributed by atoms with Gasteiger partial charge in [-0.05, 0) is 27.1 Å². The van der Waals surface area contributed by atoms with Crippen LogP contribution < -0.4 is 4.90 Å². The summed E-state index contributed by atoms with van der Waals surface area (Å²) in [6, 6.07) is 4.66. The number of likely N-dealkylation sites (N-methyl/N-ethyl adjacent to an activating group) is 2. The van der Waals surface area contributed by atoms with Gasteiger partial charge in [-0.15, -0.1) is 0 Å². The number of rotatable bonds is 5. The molecular weight excluding hydrogens is 270 g/mol. The minimum absolute atomic E-state index is 0.0583. The highest BCUT2D eigenvalue weighted by Gasteiger charge is 2.12. The average molecular weight is 289 g/mol. The summed E-state index contributed by atoms with van der Waals surface area (Å²) in [5, 5.41) is 11.5. The number of fused-ring (bicyclic) bond motifs is 1. The number of aryl methyl sites for hydroxylation is 1. The molecule has 0 radical (unpaired) electrons. The summed E-state index contributed by atoms with van der Waals surface area (Å²) in [6.45, 7) is 3.55. The number of benzene rings is 1. The maximum absolute atomic E-state index is 10.8. The van der Waals surface area contributed by atoms with Gasteiger partial charge in [-0.25, -0.2) is 9.97 Å². The van der Waals surface area contributed by atoms with Gasteiger partial charge < -0.3 is 9.80 Å². The molecule has 7 heteroatoms. The van der Waals surface area contributed by atoms with Crippen LogP contribution in [0, 0.1) is 17.0 Å². The highest BCUT2D eigenvalue weighted by molar-refractivity contribution is 5.84. The molecular formula is C14H19N5O2. The van der Waals surface area contributed by atoms with Gasteiger partial charge >= 0.3 is 0 Å². The van der Waals surface area contributed by atoms with E-state index in [9.17, 15) is 10.1 Å². The zero-order valence-corrected chi connectivity index (χ0v) is 12.7. The number of nitrogens with zero attached hydrogens (tertiary/aromatic N) is 5. The quantitative estimate of drug-likeness (QED) is 0.617.